The smallest absolute Gasteiger partial charge is 0.466 e. The van der Waals surface area contributed by atoms with Crippen molar-refractivity contribution in [1.82, 2.24) is 20.2 Å². The van der Waals surface area contributed by atoms with Crippen LogP contribution in [-0.2, 0) is 14.3 Å². The molecule has 3 heterocycles. The highest BCUT2D eigenvalue weighted by Crippen LogP contribution is 2.34. The number of halogens is 3. The van der Waals surface area contributed by atoms with Crippen molar-refractivity contribution in [2.45, 2.75) is 36.5 Å². The second kappa shape index (κ2) is 14.8. The molecule has 1 aliphatic heterocycles. The highest BCUT2D eigenvalue weighted by molar-refractivity contribution is 7.99. The van der Waals surface area contributed by atoms with Crippen LogP contribution >= 0.6 is 11.8 Å². The summed E-state index contributed by atoms with van der Waals surface area (Å²) >= 11 is 1.16. The predicted molar refractivity (Wildman–Crippen MR) is 152 cm³/mol. The van der Waals surface area contributed by atoms with Gasteiger partial charge in [-0.1, -0.05) is 11.8 Å². The average Bonchev–Trinajstić information content (AvgIpc) is 2.98. The van der Waals surface area contributed by atoms with Gasteiger partial charge < -0.3 is 20.1 Å². The summed E-state index contributed by atoms with van der Waals surface area (Å²) in [6, 6.07) is 11.4. The molecule has 0 saturated carbocycles. The fourth-order valence-corrected chi connectivity index (χ4v) is 5.52. The summed E-state index contributed by atoms with van der Waals surface area (Å²) < 4.78 is 46.4. The molecule has 0 spiro atoms. The van der Waals surface area contributed by atoms with Crippen LogP contribution in [0.3, 0.4) is 0 Å². The molecule has 228 valence electrons. The lowest BCUT2D eigenvalue weighted by atomic mass is 9.97. The maximum absolute atomic E-state index is 13.2. The van der Waals surface area contributed by atoms with Gasteiger partial charge in [-0.25, -0.2) is 4.98 Å². The van der Waals surface area contributed by atoms with Crippen LogP contribution in [0.2, 0.25) is 0 Å². The minimum absolute atomic E-state index is 0.126. The van der Waals surface area contributed by atoms with Gasteiger partial charge in [-0.05, 0) is 86.9 Å². The average molecular weight is 618 g/mol. The Morgan fingerprint density at radius 3 is 2.40 bits per heavy atom. The quantitative estimate of drug-likeness (QED) is 0.177. The minimum atomic E-state index is -4.83. The number of nitrogens with one attached hydrogen (secondary N) is 2. The van der Waals surface area contributed by atoms with E-state index in [9.17, 15) is 27.6 Å². The third-order valence-electron chi connectivity index (χ3n) is 6.47. The zero-order valence-corrected chi connectivity index (χ0v) is 24.0. The Kier molecular flexibility index (Phi) is 11.0. The van der Waals surface area contributed by atoms with E-state index in [4.69, 9.17) is 4.74 Å². The number of pyridine rings is 2. The number of nitrogens with zero attached hydrogens (tertiary/aromatic N) is 3. The van der Waals surface area contributed by atoms with Crippen LogP contribution in [0.25, 0.3) is 0 Å². The molecule has 10 nitrogen and oxygen atoms in total. The fourth-order valence-electron chi connectivity index (χ4n) is 4.41. The molecule has 0 aliphatic carbocycles. The zero-order valence-electron chi connectivity index (χ0n) is 23.2. The largest absolute Gasteiger partial charge is 0.573 e. The summed E-state index contributed by atoms with van der Waals surface area (Å²) in [5.74, 6) is -1.57. The molecule has 1 fully saturated rings. The number of aromatic nitrogens is 2. The Morgan fingerprint density at radius 1 is 1.05 bits per heavy atom. The molecule has 2 aromatic heterocycles. The number of anilines is 1. The zero-order chi connectivity index (χ0) is 30.8. The topological polar surface area (TPSA) is 123 Å². The van der Waals surface area contributed by atoms with Gasteiger partial charge in [0, 0.05) is 24.3 Å². The first kappa shape index (κ1) is 31.8. The lowest BCUT2D eigenvalue weighted by Gasteiger charge is -2.30. The number of alkyl halides is 3. The van der Waals surface area contributed by atoms with Crippen molar-refractivity contribution in [2.75, 3.05) is 31.6 Å². The molecule has 3 aromatic rings. The van der Waals surface area contributed by atoms with Gasteiger partial charge in [0.05, 0.1) is 24.6 Å². The molecular formula is C29H30F3N5O5S. The van der Waals surface area contributed by atoms with Crippen molar-refractivity contribution < 1.29 is 37.0 Å². The summed E-state index contributed by atoms with van der Waals surface area (Å²) in [4.78, 5) is 48.7. The van der Waals surface area contributed by atoms with Gasteiger partial charge in [-0.2, -0.15) is 0 Å². The summed E-state index contributed by atoms with van der Waals surface area (Å²) in [6.07, 6.45) is 1.09. The molecule has 1 atom stereocenters. The second-order valence-electron chi connectivity index (χ2n) is 9.53. The van der Waals surface area contributed by atoms with Crippen molar-refractivity contribution in [2.24, 2.45) is 5.92 Å². The maximum Gasteiger partial charge on any atom is 0.573 e. The number of rotatable bonds is 11. The number of amides is 2. The van der Waals surface area contributed by atoms with Gasteiger partial charge in [0.25, 0.3) is 5.91 Å². The van der Waals surface area contributed by atoms with Crippen molar-refractivity contribution in [3.05, 3.63) is 78.2 Å². The van der Waals surface area contributed by atoms with Crippen LogP contribution in [0.15, 0.2) is 72.1 Å². The van der Waals surface area contributed by atoms with E-state index >= 15 is 0 Å². The standard InChI is InChI=1S/C29H30F3N5O5S/c1-2-41-28(40)20-11-16-37(17-12-20)18-24(38)36-26(19-9-14-33-15-10-19)43-27-23(4-3-13-34-27)25(39)35-21-5-7-22(8-6-21)42-29(30,31)32/h3-10,13-15,20,26H,2,11-12,16-18H2,1H3,(H,35,39)(H,36,38). The van der Waals surface area contributed by atoms with Crippen LogP contribution in [0.1, 0.15) is 41.1 Å². The molecule has 14 heteroatoms. The van der Waals surface area contributed by atoms with E-state index in [1.54, 1.807) is 43.6 Å². The summed E-state index contributed by atoms with van der Waals surface area (Å²) in [5.41, 5.74) is 1.19. The number of carbonyl (C=O) groups is 3. The van der Waals surface area contributed by atoms with Crippen molar-refractivity contribution >= 4 is 35.2 Å². The van der Waals surface area contributed by atoms with Crippen molar-refractivity contribution in [3.8, 4) is 5.75 Å². The van der Waals surface area contributed by atoms with Gasteiger partial charge in [-0.3, -0.25) is 24.3 Å². The number of ether oxygens (including phenoxy) is 2. The van der Waals surface area contributed by atoms with Crippen molar-refractivity contribution in [3.63, 3.8) is 0 Å². The van der Waals surface area contributed by atoms with E-state index in [1.807, 2.05) is 4.90 Å². The Morgan fingerprint density at radius 2 is 1.74 bits per heavy atom. The molecular weight excluding hydrogens is 587 g/mol. The number of esters is 1. The number of hydrogen-bond acceptors (Lipinski definition) is 9. The summed E-state index contributed by atoms with van der Waals surface area (Å²) in [6.45, 7) is 3.40. The molecule has 1 aliphatic rings. The van der Waals surface area contributed by atoms with Crippen LogP contribution in [-0.4, -0.2) is 65.3 Å². The Labute approximate surface area is 250 Å². The summed E-state index contributed by atoms with van der Waals surface area (Å²) in [5, 5.41) is 5.37. The Bertz CT molecular complexity index is 1390. The van der Waals surface area contributed by atoms with Gasteiger partial charge in [-0.15, -0.1) is 13.2 Å². The van der Waals surface area contributed by atoms with E-state index in [0.717, 1.165) is 29.5 Å². The monoisotopic (exact) mass is 617 g/mol. The normalized spacial score (nSPS) is 14.9. The third-order valence-corrected chi connectivity index (χ3v) is 7.64. The number of thioether (sulfide) groups is 1. The molecule has 43 heavy (non-hydrogen) atoms. The Hall–Kier alpha value is -4.17. The first-order valence-corrected chi connectivity index (χ1v) is 14.4. The predicted octanol–water partition coefficient (Wildman–Crippen LogP) is 4.81. The van der Waals surface area contributed by atoms with Crippen LogP contribution in [0.5, 0.6) is 5.75 Å². The molecule has 4 rings (SSSR count). The first-order chi connectivity index (χ1) is 20.6. The lowest BCUT2D eigenvalue weighted by molar-refractivity contribution is -0.274. The first-order valence-electron chi connectivity index (χ1n) is 13.5. The third kappa shape index (κ3) is 9.68. The fraction of sp³-hybridized carbons (Fsp3) is 0.345. The highest BCUT2D eigenvalue weighted by atomic mass is 32.2. The van der Waals surface area contributed by atoms with Gasteiger partial charge in [0.1, 0.15) is 16.1 Å². The number of carbonyl (C=O) groups excluding carboxylic acids is 3. The summed E-state index contributed by atoms with van der Waals surface area (Å²) in [7, 11) is 0. The molecule has 0 radical (unpaired) electrons. The molecule has 1 aromatic carbocycles. The van der Waals surface area contributed by atoms with E-state index < -0.39 is 23.4 Å². The number of hydrogen-bond donors (Lipinski definition) is 2. The van der Waals surface area contributed by atoms with E-state index in [0.29, 0.717) is 37.6 Å². The van der Waals surface area contributed by atoms with E-state index in [1.165, 1.54) is 18.3 Å². The molecule has 2 N–H and O–H groups in total. The van der Waals surface area contributed by atoms with Gasteiger partial charge in [0.2, 0.25) is 5.91 Å². The van der Waals surface area contributed by atoms with Crippen molar-refractivity contribution in [1.29, 1.82) is 0 Å². The molecule has 1 saturated heterocycles. The number of benzene rings is 1. The SMILES string of the molecule is CCOC(=O)C1CCN(CC(=O)NC(Sc2ncccc2C(=O)Nc2ccc(OC(F)(F)F)cc2)c2ccncc2)CC1. The van der Waals surface area contributed by atoms with E-state index in [-0.39, 0.29) is 35.6 Å². The maximum atomic E-state index is 13.2. The van der Waals surface area contributed by atoms with Crippen LogP contribution < -0.4 is 15.4 Å². The molecule has 2 amide bonds. The number of piperidine rings is 1. The van der Waals surface area contributed by atoms with E-state index in [2.05, 4.69) is 25.3 Å². The lowest BCUT2D eigenvalue weighted by Crippen LogP contribution is -2.43. The van der Waals surface area contributed by atoms with Gasteiger partial charge in [0.15, 0.2) is 0 Å². The highest BCUT2D eigenvalue weighted by Gasteiger charge is 2.31. The molecule has 0 bridgehead atoms. The van der Waals surface area contributed by atoms with Gasteiger partial charge >= 0.3 is 12.3 Å². The van der Waals surface area contributed by atoms with Crippen LogP contribution in [0, 0.1) is 5.92 Å². The molecule has 1 unspecified atom stereocenters. The number of likely N-dealkylation sites (tertiary alicyclic amines) is 1. The minimum Gasteiger partial charge on any atom is -0.466 e. The Balaban J connectivity index is 1.42. The second-order valence-corrected chi connectivity index (χ2v) is 10.6. The van der Waals surface area contributed by atoms with Crippen LogP contribution in [0.4, 0.5) is 18.9 Å².